The van der Waals surface area contributed by atoms with E-state index in [9.17, 15) is 9.59 Å². The molecule has 0 heterocycles. The van der Waals surface area contributed by atoms with Crippen molar-refractivity contribution in [3.05, 3.63) is 59.7 Å². The number of anilines is 1. The van der Waals surface area contributed by atoms with Crippen LogP contribution in [0.2, 0.25) is 0 Å². The van der Waals surface area contributed by atoms with Gasteiger partial charge in [-0.05, 0) is 55.0 Å². The molecule has 2 aromatic carbocycles. The van der Waals surface area contributed by atoms with E-state index in [2.05, 4.69) is 12.2 Å². The first kappa shape index (κ1) is 17.7. The number of ether oxygens (including phenoxy) is 1. The first-order valence-corrected chi connectivity index (χ1v) is 8.31. The SMILES string of the molecule is CCCCOc1ccc(C(=O)Nc2ccc(C(=O)CC)cc2)cc1. The van der Waals surface area contributed by atoms with Gasteiger partial charge >= 0.3 is 0 Å². The Bertz CT molecular complexity index is 675. The van der Waals surface area contributed by atoms with Crippen molar-refractivity contribution in [3.8, 4) is 5.75 Å². The zero-order chi connectivity index (χ0) is 17.4. The van der Waals surface area contributed by atoms with Crippen LogP contribution in [-0.4, -0.2) is 18.3 Å². The molecule has 0 aliphatic carbocycles. The fraction of sp³-hybridized carbons (Fsp3) is 0.300. The van der Waals surface area contributed by atoms with Crippen molar-refractivity contribution in [1.29, 1.82) is 0 Å². The number of ketones is 1. The average molecular weight is 325 g/mol. The second-order valence-electron chi connectivity index (χ2n) is 5.53. The van der Waals surface area contributed by atoms with Gasteiger partial charge in [0.2, 0.25) is 0 Å². The van der Waals surface area contributed by atoms with E-state index in [4.69, 9.17) is 4.74 Å². The Balaban J connectivity index is 1.95. The number of carbonyl (C=O) groups excluding carboxylic acids is 2. The standard InChI is InChI=1S/C20H23NO3/c1-3-5-14-24-18-12-8-16(9-13-18)20(23)21-17-10-6-15(7-11-17)19(22)4-2/h6-13H,3-5,14H2,1-2H3,(H,21,23). The topological polar surface area (TPSA) is 55.4 Å². The molecule has 0 unspecified atom stereocenters. The maximum Gasteiger partial charge on any atom is 0.255 e. The molecule has 4 heteroatoms. The van der Waals surface area contributed by atoms with Gasteiger partial charge in [0.05, 0.1) is 6.61 Å². The van der Waals surface area contributed by atoms with Crippen molar-refractivity contribution in [2.75, 3.05) is 11.9 Å². The molecule has 24 heavy (non-hydrogen) atoms. The fourth-order valence-corrected chi connectivity index (χ4v) is 2.18. The number of nitrogens with one attached hydrogen (secondary N) is 1. The van der Waals surface area contributed by atoms with Crippen molar-refractivity contribution in [1.82, 2.24) is 0 Å². The van der Waals surface area contributed by atoms with Gasteiger partial charge in [0.1, 0.15) is 5.75 Å². The summed E-state index contributed by atoms with van der Waals surface area (Å²) in [6.07, 6.45) is 2.57. The fourth-order valence-electron chi connectivity index (χ4n) is 2.18. The Labute approximate surface area is 142 Å². The smallest absolute Gasteiger partial charge is 0.255 e. The van der Waals surface area contributed by atoms with Gasteiger partial charge in [0, 0.05) is 23.2 Å². The lowest BCUT2D eigenvalue weighted by Gasteiger charge is -2.08. The van der Waals surface area contributed by atoms with Crippen LogP contribution in [0.1, 0.15) is 53.8 Å². The van der Waals surface area contributed by atoms with Crippen LogP contribution in [0.4, 0.5) is 5.69 Å². The van der Waals surface area contributed by atoms with E-state index in [1.807, 2.05) is 6.92 Å². The third-order valence-electron chi connectivity index (χ3n) is 3.67. The molecule has 4 nitrogen and oxygen atoms in total. The number of Topliss-reactive ketones (excluding diaryl/α,β-unsaturated/α-hetero) is 1. The number of benzene rings is 2. The second-order valence-corrected chi connectivity index (χ2v) is 5.53. The summed E-state index contributed by atoms with van der Waals surface area (Å²) < 4.78 is 5.58. The van der Waals surface area contributed by atoms with Crippen LogP contribution in [-0.2, 0) is 0 Å². The molecule has 1 amide bonds. The summed E-state index contributed by atoms with van der Waals surface area (Å²) in [6.45, 7) is 4.63. The van der Waals surface area contributed by atoms with Crippen molar-refractivity contribution in [2.45, 2.75) is 33.1 Å². The molecule has 0 spiro atoms. The minimum absolute atomic E-state index is 0.0894. The van der Waals surface area contributed by atoms with Gasteiger partial charge in [-0.3, -0.25) is 9.59 Å². The number of hydrogen-bond acceptors (Lipinski definition) is 3. The summed E-state index contributed by atoms with van der Waals surface area (Å²) in [6, 6.07) is 14.0. The van der Waals surface area contributed by atoms with Crippen molar-refractivity contribution in [2.24, 2.45) is 0 Å². The van der Waals surface area contributed by atoms with Crippen molar-refractivity contribution >= 4 is 17.4 Å². The van der Waals surface area contributed by atoms with Crippen LogP contribution in [0.5, 0.6) is 5.75 Å². The second kappa shape index (κ2) is 8.87. The van der Waals surface area contributed by atoms with Crippen molar-refractivity contribution in [3.63, 3.8) is 0 Å². The number of unbranched alkanes of at least 4 members (excludes halogenated alkanes) is 1. The summed E-state index contributed by atoms with van der Waals surface area (Å²) >= 11 is 0. The molecule has 0 fully saturated rings. The first-order valence-electron chi connectivity index (χ1n) is 8.31. The van der Waals surface area contributed by atoms with E-state index in [1.54, 1.807) is 48.5 Å². The summed E-state index contributed by atoms with van der Waals surface area (Å²) in [5, 5.41) is 2.82. The van der Waals surface area contributed by atoms with Crippen LogP contribution in [0.3, 0.4) is 0 Å². The third kappa shape index (κ3) is 4.95. The summed E-state index contributed by atoms with van der Waals surface area (Å²) in [4.78, 5) is 23.8. The maximum absolute atomic E-state index is 12.2. The highest BCUT2D eigenvalue weighted by atomic mass is 16.5. The van der Waals surface area contributed by atoms with Gasteiger partial charge in [-0.25, -0.2) is 0 Å². The predicted octanol–water partition coefficient (Wildman–Crippen LogP) is 4.71. The Morgan fingerprint density at radius 3 is 2.12 bits per heavy atom. The normalized spacial score (nSPS) is 10.2. The zero-order valence-corrected chi connectivity index (χ0v) is 14.2. The van der Waals surface area contributed by atoms with Gasteiger partial charge in [0.25, 0.3) is 5.91 Å². The largest absolute Gasteiger partial charge is 0.494 e. The third-order valence-corrected chi connectivity index (χ3v) is 3.67. The van der Waals surface area contributed by atoms with E-state index < -0.39 is 0 Å². The van der Waals surface area contributed by atoms with Crippen molar-refractivity contribution < 1.29 is 14.3 Å². The molecule has 0 radical (unpaired) electrons. The van der Waals surface area contributed by atoms with Crippen LogP contribution in [0.25, 0.3) is 0 Å². The number of rotatable bonds is 8. The van der Waals surface area contributed by atoms with Crippen LogP contribution >= 0.6 is 0 Å². The predicted molar refractivity (Wildman–Crippen MR) is 95.9 cm³/mol. The Hall–Kier alpha value is -2.62. The molecule has 0 aromatic heterocycles. The molecule has 0 saturated heterocycles. The van der Waals surface area contributed by atoms with Gasteiger partial charge in [-0.15, -0.1) is 0 Å². The molecular weight excluding hydrogens is 302 g/mol. The highest BCUT2D eigenvalue weighted by Gasteiger charge is 2.07. The summed E-state index contributed by atoms with van der Waals surface area (Å²) in [7, 11) is 0. The minimum Gasteiger partial charge on any atom is -0.494 e. The number of hydrogen-bond donors (Lipinski definition) is 1. The monoisotopic (exact) mass is 325 g/mol. The molecule has 0 atom stereocenters. The van der Waals surface area contributed by atoms with Crippen LogP contribution in [0.15, 0.2) is 48.5 Å². The first-order chi connectivity index (χ1) is 11.6. The molecule has 1 N–H and O–H groups in total. The van der Waals surface area contributed by atoms with Gasteiger partial charge in [-0.1, -0.05) is 20.3 Å². The lowest BCUT2D eigenvalue weighted by atomic mass is 10.1. The highest BCUT2D eigenvalue weighted by Crippen LogP contribution is 2.16. The minimum atomic E-state index is -0.190. The quantitative estimate of drug-likeness (QED) is 0.565. The molecule has 2 rings (SSSR count). The van der Waals surface area contributed by atoms with Crippen LogP contribution in [0, 0.1) is 0 Å². The van der Waals surface area contributed by atoms with Crippen LogP contribution < -0.4 is 10.1 Å². The zero-order valence-electron chi connectivity index (χ0n) is 14.2. The number of amides is 1. The van der Waals surface area contributed by atoms with Gasteiger partial charge in [0.15, 0.2) is 5.78 Å². The van der Waals surface area contributed by atoms with E-state index in [-0.39, 0.29) is 11.7 Å². The van der Waals surface area contributed by atoms with E-state index in [1.165, 1.54) is 0 Å². The molecule has 0 aliphatic rings. The Morgan fingerprint density at radius 2 is 1.54 bits per heavy atom. The average Bonchev–Trinajstić information content (AvgIpc) is 2.62. The molecule has 0 bridgehead atoms. The molecule has 0 saturated carbocycles. The molecule has 2 aromatic rings. The summed E-state index contributed by atoms with van der Waals surface area (Å²) in [5.41, 5.74) is 1.88. The Morgan fingerprint density at radius 1 is 0.917 bits per heavy atom. The lowest BCUT2D eigenvalue weighted by Crippen LogP contribution is -2.12. The molecule has 0 aliphatic heterocycles. The maximum atomic E-state index is 12.2. The number of carbonyl (C=O) groups is 2. The molecular formula is C20H23NO3. The van der Waals surface area contributed by atoms with E-state index >= 15 is 0 Å². The Kier molecular flexibility index (Phi) is 6.55. The summed E-state index contributed by atoms with van der Waals surface area (Å²) in [5.74, 6) is 0.665. The highest BCUT2D eigenvalue weighted by molar-refractivity contribution is 6.04. The van der Waals surface area contributed by atoms with E-state index in [0.29, 0.717) is 29.8 Å². The lowest BCUT2D eigenvalue weighted by molar-refractivity contribution is 0.0987. The van der Waals surface area contributed by atoms with Gasteiger partial charge < -0.3 is 10.1 Å². The molecule has 126 valence electrons. The van der Waals surface area contributed by atoms with Gasteiger partial charge in [-0.2, -0.15) is 0 Å². The van der Waals surface area contributed by atoms with E-state index in [0.717, 1.165) is 18.6 Å².